The van der Waals surface area contributed by atoms with Gasteiger partial charge in [-0.15, -0.1) is 0 Å². The van der Waals surface area contributed by atoms with E-state index in [9.17, 15) is 4.79 Å². The van der Waals surface area contributed by atoms with Gasteiger partial charge in [-0.25, -0.2) is 0 Å². The number of aryl methyl sites for hydroxylation is 1. The zero-order chi connectivity index (χ0) is 17.1. The number of aromatic nitrogens is 1. The third-order valence-corrected chi connectivity index (χ3v) is 4.49. The van der Waals surface area contributed by atoms with E-state index < -0.39 is 0 Å². The minimum absolute atomic E-state index is 0.0254. The average Bonchev–Trinajstić information content (AvgIpc) is 2.62. The Labute approximate surface area is 143 Å². The van der Waals surface area contributed by atoms with Gasteiger partial charge in [0.2, 0.25) is 0 Å². The third kappa shape index (κ3) is 3.65. The summed E-state index contributed by atoms with van der Waals surface area (Å²) in [6, 6.07) is 13.9. The van der Waals surface area contributed by atoms with Crippen molar-refractivity contribution in [2.45, 2.75) is 33.0 Å². The van der Waals surface area contributed by atoms with Crippen LogP contribution in [0.1, 0.15) is 41.6 Å². The number of pyridine rings is 1. The zero-order valence-electron chi connectivity index (χ0n) is 14.5. The lowest BCUT2D eigenvalue weighted by Gasteiger charge is -2.40. The lowest BCUT2D eigenvalue weighted by atomic mass is 10.0. The number of carbonyl (C=O) groups is 1. The summed E-state index contributed by atoms with van der Waals surface area (Å²) in [6.07, 6.45) is 1.61. The van der Waals surface area contributed by atoms with Gasteiger partial charge in [0.15, 0.2) is 0 Å². The van der Waals surface area contributed by atoms with E-state index in [1.165, 1.54) is 0 Å². The Balaban J connectivity index is 1.83. The van der Waals surface area contributed by atoms with Gasteiger partial charge in [0.25, 0.3) is 5.91 Å². The molecule has 1 aromatic heterocycles. The summed E-state index contributed by atoms with van der Waals surface area (Å²) in [5, 5.41) is 0. The molecule has 1 saturated heterocycles. The number of hydrogen-bond acceptors (Lipinski definition) is 3. The van der Waals surface area contributed by atoms with Crippen LogP contribution in [-0.4, -0.2) is 35.0 Å². The van der Waals surface area contributed by atoms with E-state index in [-0.39, 0.29) is 18.1 Å². The van der Waals surface area contributed by atoms with Gasteiger partial charge in [0, 0.05) is 18.4 Å². The molecule has 4 nitrogen and oxygen atoms in total. The van der Waals surface area contributed by atoms with E-state index in [0.29, 0.717) is 24.6 Å². The van der Waals surface area contributed by atoms with Crippen LogP contribution in [0.3, 0.4) is 0 Å². The maximum Gasteiger partial charge on any atom is 0.255 e. The predicted octanol–water partition coefficient (Wildman–Crippen LogP) is 3.63. The van der Waals surface area contributed by atoms with Gasteiger partial charge in [0.05, 0.1) is 18.2 Å². The molecule has 4 heteroatoms. The average molecular weight is 324 g/mol. The first-order valence-electron chi connectivity index (χ1n) is 8.47. The number of amides is 1. The van der Waals surface area contributed by atoms with E-state index >= 15 is 0 Å². The van der Waals surface area contributed by atoms with Crippen LogP contribution in [0.15, 0.2) is 48.7 Å². The van der Waals surface area contributed by atoms with E-state index in [0.717, 1.165) is 11.3 Å². The van der Waals surface area contributed by atoms with Crippen LogP contribution in [0, 0.1) is 12.8 Å². The fourth-order valence-electron chi connectivity index (χ4n) is 2.95. The Bertz CT molecular complexity index is 683. The minimum atomic E-state index is -0.0882. The molecular weight excluding hydrogens is 300 g/mol. The van der Waals surface area contributed by atoms with Crippen molar-refractivity contribution in [1.29, 1.82) is 0 Å². The molecule has 0 bridgehead atoms. The highest BCUT2D eigenvalue weighted by Gasteiger charge is 2.33. The number of benzene rings is 1. The third-order valence-electron chi connectivity index (χ3n) is 4.49. The van der Waals surface area contributed by atoms with Crippen molar-refractivity contribution < 1.29 is 9.53 Å². The van der Waals surface area contributed by atoms with Crippen LogP contribution in [0.5, 0.6) is 0 Å². The molecule has 1 aromatic carbocycles. The lowest BCUT2D eigenvalue weighted by Crippen LogP contribution is -2.48. The molecule has 3 rings (SSSR count). The van der Waals surface area contributed by atoms with Gasteiger partial charge >= 0.3 is 0 Å². The second kappa shape index (κ2) is 7.14. The van der Waals surface area contributed by atoms with E-state index in [4.69, 9.17) is 4.74 Å². The first-order valence-corrected chi connectivity index (χ1v) is 8.47. The molecule has 0 spiro atoms. The SMILES string of the molecule is Cc1ccc(C(=O)N2C[C@@H](c3ccccc3)O[C@@H](C(C)C)C2)cn1. The summed E-state index contributed by atoms with van der Waals surface area (Å²) in [5.74, 6) is 0.375. The second-order valence-corrected chi connectivity index (χ2v) is 6.72. The Morgan fingerprint density at radius 1 is 1.17 bits per heavy atom. The van der Waals surface area contributed by atoms with Crippen LogP contribution < -0.4 is 0 Å². The molecule has 1 fully saturated rings. The van der Waals surface area contributed by atoms with Crippen molar-refractivity contribution in [2.24, 2.45) is 5.92 Å². The van der Waals surface area contributed by atoms with E-state index in [1.807, 2.05) is 42.2 Å². The fraction of sp³-hybridized carbons (Fsp3) is 0.400. The lowest BCUT2D eigenvalue weighted by molar-refractivity contribution is -0.0954. The number of ether oxygens (including phenoxy) is 1. The number of morpholine rings is 1. The molecule has 0 unspecified atom stereocenters. The summed E-state index contributed by atoms with van der Waals surface area (Å²) in [4.78, 5) is 19.0. The molecular formula is C20H24N2O2. The zero-order valence-corrected chi connectivity index (χ0v) is 14.5. The Hall–Kier alpha value is -2.20. The minimum Gasteiger partial charge on any atom is -0.366 e. The topological polar surface area (TPSA) is 42.4 Å². The van der Waals surface area contributed by atoms with Crippen LogP contribution >= 0.6 is 0 Å². The normalized spacial score (nSPS) is 21.1. The molecule has 1 amide bonds. The largest absolute Gasteiger partial charge is 0.366 e. The Morgan fingerprint density at radius 2 is 1.92 bits per heavy atom. The van der Waals surface area contributed by atoms with Gasteiger partial charge in [-0.05, 0) is 30.5 Å². The van der Waals surface area contributed by atoms with Crippen LogP contribution in [0.4, 0.5) is 0 Å². The first-order chi connectivity index (χ1) is 11.5. The van der Waals surface area contributed by atoms with Gasteiger partial charge < -0.3 is 9.64 Å². The molecule has 2 atom stereocenters. The molecule has 0 aliphatic carbocycles. The summed E-state index contributed by atoms with van der Waals surface area (Å²) in [5.41, 5.74) is 2.66. The maximum absolute atomic E-state index is 12.9. The fourth-order valence-corrected chi connectivity index (χ4v) is 2.95. The van der Waals surface area contributed by atoms with Crippen molar-refractivity contribution in [3.8, 4) is 0 Å². The van der Waals surface area contributed by atoms with Crippen LogP contribution in [0.2, 0.25) is 0 Å². The molecule has 0 N–H and O–H groups in total. The standard InChI is InChI=1S/C20H24N2O2/c1-14(2)18-12-22(20(23)17-10-9-15(3)21-11-17)13-19(24-18)16-7-5-4-6-8-16/h4-11,14,18-19H,12-13H2,1-3H3/t18-,19+/m1/s1. The van der Waals surface area contributed by atoms with Gasteiger partial charge in [-0.1, -0.05) is 44.2 Å². The summed E-state index contributed by atoms with van der Waals surface area (Å²) < 4.78 is 6.26. The Kier molecular flexibility index (Phi) is 4.95. The second-order valence-electron chi connectivity index (χ2n) is 6.72. The number of hydrogen-bond donors (Lipinski definition) is 0. The maximum atomic E-state index is 12.9. The van der Waals surface area contributed by atoms with Gasteiger partial charge in [-0.3, -0.25) is 9.78 Å². The highest BCUT2D eigenvalue weighted by molar-refractivity contribution is 5.94. The highest BCUT2D eigenvalue weighted by atomic mass is 16.5. The molecule has 0 radical (unpaired) electrons. The monoisotopic (exact) mass is 324 g/mol. The van der Waals surface area contributed by atoms with Crippen LogP contribution in [-0.2, 0) is 4.74 Å². The molecule has 1 aliphatic heterocycles. The number of rotatable bonds is 3. The highest BCUT2D eigenvalue weighted by Crippen LogP contribution is 2.28. The van der Waals surface area contributed by atoms with Gasteiger partial charge in [0.1, 0.15) is 6.10 Å². The summed E-state index contributed by atoms with van der Waals surface area (Å²) >= 11 is 0. The summed E-state index contributed by atoms with van der Waals surface area (Å²) in [6.45, 7) is 7.37. The van der Waals surface area contributed by atoms with Crippen molar-refractivity contribution in [1.82, 2.24) is 9.88 Å². The van der Waals surface area contributed by atoms with Crippen LogP contribution in [0.25, 0.3) is 0 Å². The Morgan fingerprint density at radius 3 is 2.54 bits per heavy atom. The molecule has 24 heavy (non-hydrogen) atoms. The van der Waals surface area contributed by atoms with Crippen molar-refractivity contribution in [3.05, 3.63) is 65.5 Å². The smallest absolute Gasteiger partial charge is 0.255 e. The van der Waals surface area contributed by atoms with Crippen molar-refractivity contribution in [2.75, 3.05) is 13.1 Å². The van der Waals surface area contributed by atoms with Crippen molar-refractivity contribution >= 4 is 5.91 Å². The van der Waals surface area contributed by atoms with E-state index in [2.05, 4.69) is 31.0 Å². The van der Waals surface area contributed by atoms with Crippen molar-refractivity contribution in [3.63, 3.8) is 0 Å². The predicted molar refractivity (Wildman–Crippen MR) is 93.8 cm³/mol. The molecule has 2 heterocycles. The molecule has 0 saturated carbocycles. The molecule has 1 aliphatic rings. The molecule has 2 aromatic rings. The summed E-state index contributed by atoms with van der Waals surface area (Å²) in [7, 11) is 0. The van der Waals surface area contributed by atoms with Gasteiger partial charge in [-0.2, -0.15) is 0 Å². The van der Waals surface area contributed by atoms with E-state index in [1.54, 1.807) is 6.20 Å². The first kappa shape index (κ1) is 16.7. The quantitative estimate of drug-likeness (QED) is 0.866. The number of nitrogens with zero attached hydrogens (tertiary/aromatic N) is 2. The molecule has 126 valence electrons. The number of carbonyl (C=O) groups excluding carboxylic acids is 1.